The molecule has 3 N–H and O–H groups in total. The van der Waals surface area contributed by atoms with Crippen molar-refractivity contribution in [2.75, 3.05) is 6.54 Å². The predicted octanol–water partition coefficient (Wildman–Crippen LogP) is 0.140. The molecule has 0 aliphatic heterocycles. The summed E-state index contributed by atoms with van der Waals surface area (Å²) in [7, 11) is 0. The molecule has 0 aliphatic rings. The molecule has 1 aromatic rings. The minimum atomic E-state index is -1.78. The predicted molar refractivity (Wildman–Crippen MR) is 52.3 cm³/mol. The number of carbonyl (C=O) groups excluding carboxylic acids is 1. The third-order valence-electron chi connectivity index (χ3n) is 1.92. The highest BCUT2D eigenvalue weighted by Gasteiger charge is 2.17. The second-order valence-corrected chi connectivity index (χ2v) is 3.19. The molecule has 0 spiro atoms. The Balaban J connectivity index is 2.67. The Kier molecular flexibility index (Phi) is 4.11. The van der Waals surface area contributed by atoms with Crippen molar-refractivity contribution < 1.29 is 28.6 Å². The van der Waals surface area contributed by atoms with E-state index in [1.54, 1.807) is 0 Å². The van der Waals surface area contributed by atoms with E-state index < -0.39 is 41.7 Å². The maximum Gasteiger partial charge on any atom is 0.334 e. The van der Waals surface area contributed by atoms with E-state index in [1.165, 1.54) is 0 Å². The van der Waals surface area contributed by atoms with E-state index >= 15 is 0 Å². The fourth-order valence-corrected chi connectivity index (χ4v) is 1.05. The summed E-state index contributed by atoms with van der Waals surface area (Å²) < 4.78 is 25.6. The zero-order valence-corrected chi connectivity index (χ0v) is 8.48. The van der Waals surface area contributed by atoms with Crippen LogP contribution in [-0.4, -0.2) is 34.7 Å². The van der Waals surface area contributed by atoms with Crippen molar-refractivity contribution in [3.05, 3.63) is 35.4 Å². The van der Waals surface area contributed by atoms with Crippen LogP contribution < -0.4 is 5.32 Å². The number of nitrogens with one attached hydrogen (secondary N) is 1. The summed E-state index contributed by atoms with van der Waals surface area (Å²) in [6.45, 7) is -0.565. The molecule has 0 saturated carbocycles. The van der Waals surface area contributed by atoms with Crippen LogP contribution in [0.4, 0.5) is 8.78 Å². The molecule has 1 unspecified atom stereocenters. The number of hydrogen-bond donors (Lipinski definition) is 3. The van der Waals surface area contributed by atoms with E-state index in [-0.39, 0.29) is 0 Å². The van der Waals surface area contributed by atoms with Gasteiger partial charge in [0.2, 0.25) is 0 Å². The van der Waals surface area contributed by atoms with Gasteiger partial charge in [-0.1, -0.05) is 0 Å². The Morgan fingerprint density at radius 2 is 2.00 bits per heavy atom. The molecule has 0 aliphatic carbocycles. The maximum absolute atomic E-state index is 13.1. The van der Waals surface area contributed by atoms with Gasteiger partial charge in [-0.3, -0.25) is 4.79 Å². The SMILES string of the molecule is O=C(NCC(O)C(=O)O)c1ccc(F)cc1F. The van der Waals surface area contributed by atoms with Crippen LogP contribution in [0.3, 0.4) is 0 Å². The number of aliphatic hydroxyl groups is 1. The highest BCUT2D eigenvalue weighted by atomic mass is 19.1. The van der Waals surface area contributed by atoms with Crippen LogP contribution in [0.1, 0.15) is 10.4 Å². The highest BCUT2D eigenvalue weighted by molar-refractivity contribution is 5.94. The molecule has 0 heterocycles. The number of amides is 1. The van der Waals surface area contributed by atoms with Crippen molar-refractivity contribution in [2.24, 2.45) is 0 Å². The van der Waals surface area contributed by atoms with Crippen molar-refractivity contribution in [1.82, 2.24) is 5.32 Å². The number of benzene rings is 1. The van der Waals surface area contributed by atoms with Gasteiger partial charge in [-0.15, -0.1) is 0 Å². The molecule has 0 radical (unpaired) electrons. The summed E-state index contributed by atoms with van der Waals surface area (Å²) in [5, 5.41) is 19.2. The topological polar surface area (TPSA) is 86.6 Å². The molecule has 1 atom stereocenters. The Labute approximate surface area is 94.7 Å². The summed E-state index contributed by atoms with van der Waals surface area (Å²) in [5.41, 5.74) is -0.427. The van der Waals surface area contributed by atoms with Gasteiger partial charge in [0.1, 0.15) is 11.6 Å². The van der Waals surface area contributed by atoms with Crippen molar-refractivity contribution in [3.63, 3.8) is 0 Å². The second-order valence-electron chi connectivity index (χ2n) is 3.19. The summed E-state index contributed by atoms with van der Waals surface area (Å²) in [4.78, 5) is 21.6. The van der Waals surface area contributed by atoms with Gasteiger partial charge in [-0.2, -0.15) is 0 Å². The molecule has 5 nitrogen and oxygen atoms in total. The van der Waals surface area contributed by atoms with E-state index in [1.807, 2.05) is 5.32 Å². The minimum absolute atomic E-state index is 0.427. The van der Waals surface area contributed by atoms with Gasteiger partial charge in [0.15, 0.2) is 6.10 Å². The first-order valence-corrected chi connectivity index (χ1v) is 4.56. The molecule has 1 rings (SSSR count). The first kappa shape index (κ1) is 13.0. The van der Waals surface area contributed by atoms with Gasteiger partial charge in [-0.25, -0.2) is 13.6 Å². The second kappa shape index (κ2) is 5.35. The van der Waals surface area contributed by atoms with Gasteiger partial charge in [0.05, 0.1) is 12.1 Å². The van der Waals surface area contributed by atoms with Crippen LogP contribution in [0, 0.1) is 11.6 Å². The van der Waals surface area contributed by atoms with E-state index in [4.69, 9.17) is 10.2 Å². The molecule has 7 heteroatoms. The number of rotatable bonds is 4. The van der Waals surface area contributed by atoms with Crippen LogP contribution in [0.15, 0.2) is 18.2 Å². The lowest BCUT2D eigenvalue weighted by Gasteiger charge is -2.08. The lowest BCUT2D eigenvalue weighted by atomic mass is 10.2. The molecule has 0 fully saturated rings. The van der Waals surface area contributed by atoms with Crippen molar-refractivity contribution in [3.8, 4) is 0 Å². The number of carboxylic acid groups (broad SMARTS) is 1. The Morgan fingerprint density at radius 1 is 1.35 bits per heavy atom. The zero-order chi connectivity index (χ0) is 13.0. The minimum Gasteiger partial charge on any atom is -0.479 e. The zero-order valence-electron chi connectivity index (χ0n) is 8.48. The average Bonchev–Trinajstić information content (AvgIpc) is 2.25. The number of carbonyl (C=O) groups is 2. The van der Waals surface area contributed by atoms with Gasteiger partial charge in [0.25, 0.3) is 5.91 Å². The quantitative estimate of drug-likeness (QED) is 0.704. The van der Waals surface area contributed by atoms with Gasteiger partial charge in [-0.05, 0) is 12.1 Å². The number of hydrogen-bond acceptors (Lipinski definition) is 3. The fourth-order valence-electron chi connectivity index (χ4n) is 1.05. The third kappa shape index (κ3) is 3.49. The average molecular weight is 245 g/mol. The van der Waals surface area contributed by atoms with Crippen LogP contribution in [0.2, 0.25) is 0 Å². The molecular formula is C10H9F2NO4. The number of aliphatic hydroxyl groups excluding tert-OH is 1. The van der Waals surface area contributed by atoms with Crippen molar-refractivity contribution in [1.29, 1.82) is 0 Å². The Bertz CT molecular complexity index is 450. The van der Waals surface area contributed by atoms with Gasteiger partial charge in [0, 0.05) is 6.07 Å². The standard InChI is InChI=1S/C10H9F2NO4/c11-5-1-2-6(7(12)3-5)9(15)13-4-8(14)10(16)17/h1-3,8,14H,4H2,(H,13,15)(H,16,17). The smallest absolute Gasteiger partial charge is 0.334 e. The molecule has 0 aromatic heterocycles. The largest absolute Gasteiger partial charge is 0.479 e. The number of carboxylic acids is 1. The monoisotopic (exact) mass is 245 g/mol. The lowest BCUT2D eigenvalue weighted by Crippen LogP contribution is -2.36. The maximum atomic E-state index is 13.1. The molecule has 0 bridgehead atoms. The summed E-state index contributed by atoms with van der Waals surface area (Å²) in [5.74, 6) is -4.33. The molecular weight excluding hydrogens is 236 g/mol. The van der Waals surface area contributed by atoms with Crippen LogP contribution in [-0.2, 0) is 4.79 Å². The molecule has 1 aromatic carbocycles. The third-order valence-corrected chi connectivity index (χ3v) is 1.92. The first-order chi connectivity index (χ1) is 7.91. The van der Waals surface area contributed by atoms with Crippen LogP contribution >= 0.6 is 0 Å². The molecule has 92 valence electrons. The van der Waals surface area contributed by atoms with Gasteiger partial charge >= 0.3 is 5.97 Å². The van der Waals surface area contributed by atoms with Crippen molar-refractivity contribution >= 4 is 11.9 Å². The van der Waals surface area contributed by atoms with Crippen LogP contribution in [0.5, 0.6) is 0 Å². The fraction of sp³-hybridized carbons (Fsp3) is 0.200. The Hall–Kier alpha value is -2.02. The normalized spacial score (nSPS) is 11.9. The molecule has 17 heavy (non-hydrogen) atoms. The van der Waals surface area contributed by atoms with E-state index in [0.717, 1.165) is 12.1 Å². The number of halogens is 2. The lowest BCUT2D eigenvalue weighted by molar-refractivity contribution is -0.146. The van der Waals surface area contributed by atoms with Crippen molar-refractivity contribution in [2.45, 2.75) is 6.10 Å². The van der Waals surface area contributed by atoms with E-state index in [9.17, 15) is 18.4 Å². The first-order valence-electron chi connectivity index (χ1n) is 4.56. The Morgan fingerprint density at radius 3 is 2.53 bits per heavy atom. The molecule has 0 saturated heterocycles. The molecule has 1 amide bonds. The number of aliphatic carboxylic acids is 1. The van der Waals surface area contributed by atoms with Gasteiger partial charge < -0.3 is 15.5 Å². The van der Waals surface area contributed by atoms with E-state index in [0.29, 0.717) is 6.07 Å². The summed E-state index contributed by atoms with van der Waals surface area (Å²) >= 11 is 0. The van der Waals surface area contributed by atoms with E-state index in [2.05, 4.69) is 0 Å². The summed E-state index contributed by atoms with van der Waals surface area (Å²) in [6.07, 6.45) is -1.78. The highest BCUT2D eigenvalue weighted by Crippen LogP contribution is 2.09. The van der Waals surface area contributed by atoms with Crippen LogP contribution in [0.25, 0.3) is 0 Å². The summed E-state index contributed by atoms with van der Waals surface area (Å²) in [6, 6.07) is 2.35.